The zero-order valence-corrected chi connectivity index (χ0v) is 19.2. The molecule has 5 rings (SSSR count). The van der Waals surface area contributed by atoms with Crippen LogP contribution in [0.1, 0.15) is 27.0 Å². The van der Waals surface area contributed by atoms with Crippen molar-refractivity contribution in [3.05, 3.63) is 118 Å². The largest absolute Gasteiger partial charge is 0.418 e. The summed E-state index contributed by atoms with van der Waals surface area (Å²) in [7, 11) is 0. The minimum absolute atomic E-state index is 0.184. The molecule has 0 unspecified atom stereocenters. The molecule has 0 fully saturated rings. The Bertz CT molecular complexity index is 1500. The molecule has 7 heteroatoms. The van der Waals surface area contributed by atoms with Crippen LogP contribution in [-0.4, -0.2) is 10.8 Å². The van der Waals surface area contributed by atoms with E-state index in [9.17, 15) is 18.0 Å². The van der Waals surface area contributed by atoms with E-state index in [2.05, 4.69) is 10.3 Å². The van der Waals surface area contributed by atoms with Crippen LogP contribution in [-0.2, 0) is 12.7 Å². The van der Waals surface area contributed by atoms with Crippen molar-refractivity contribution in [3.63, 3.8) is 0 Å². The molecule has 0 amide bonds. The van der Waals surface area contributed by atoms with Gasteiger partial charge in [0.05, 0.1) is 11.1 Å². The van der Waals surface area contributed by atoms with Gasteiger partial charge in [-0.25, -0.2) is 0 Å². The highest BCUT2D eigenvalue weighted by molar-refractivity contribution is 7.07. The normalized spacial score (nSPS) is 11.5. The lowest BCUT2D eigenvalue weighted by molar-refractivity contribution is -0.136. The van der Waals surface area contributed by atoms with E-state index in [1.807, 2.05) is 35.0 Å². The second kappa shape index (κ2) is 9.35. The Kier molecular flexibility index (Phi) is 6.09. The van der Waals surface area contributed by atoms with Crippen molar-refractivity contribution in [1.29, 1.82) is 0 Å². The smallest absolute Gasteiger partial charge is 0.381 e. The van der Waals surface area contributed by atoms with Gasteiger partial charge in [0.2, 0.25) is 0 Å². The molecule has 3 nitrogen and oxygen atoms in total. The summed E-state index contributed by atoms with van der Waals surface area (Å²) in [6.45, 7) is 0.609. The van der Waals surface area contributed by atoms with Crippen molar-refractivity contribution < 1.29 is 18.0 Å². The van der Waals surface area contributed by atoms with Crippen LogP contribution in [0.3, 0.4) is 0 Å². The third kappa shape index (κ3) is 4.68. The zero-order chi connectivity index (χ0) is 24.4. The van der Waals surface area contributed by atoms with Crippen LogP contribution in [0.25, 0.3) is 22.0 Å². The maximum Gasteiger partial charge on any atom is 0.418 e. The van der Waals surface area contributed by atoms with Crippen LogP contribution in [0.4, 0.5) is 18.9 Å². The molecule has 5 aromatic rings. The van der Waals surface area contributed by atoms with Crippen LogP contribution >= 0.6 is 11.3 Å². The SMILES string of the molecule is O=C(c1ccccc1)c1cnc2c(C(F)(F)F)cccc2c1-c1cccc(NCc2ccsc2)c1. The quantitative estimate of drug-likeness (QED) is 0.248. The Morgan fingerprint density at radius 2 is 1.74 bits per heavy atom. The van der Waals surface area contributed by atoms with Gasteiger partial charge >= 0.3 is 6.18 Å². The number of alkyl halides is 3. The average Bonchev–Trinajstić information content (AvgIpc) is 3.40. The van der Waals surface area contributed by atoms with E-state index < -0.39 is 11.7 Å². The number of para-hydroxylation sites is 1. The summed E-state index contributed by atoms with van der Waals surface area (Å²) >= 11 is 1.61. The Morgan fingerprint density at radius 1 is 0.943 bits per heavy atom. The molecule has 0 aliphatic rings. The Hall–Kier alpha value is -3.97. The Morgan fingerprint density at radius 3 is 2.49 bits per heavy atom. The number of aromatic nitrogens is 1. The van der Waals surface area contributed by atoms with Crippen molar-refractivity contribution in [2.75, 3.05) is 5.32 Å². The summed E-state index contributed by atoms with van der Waals surface area (Å²) in [5, 5.41) is 7.66. The van der Waals surface area contributed by atoms with Gasteiger partial charge in [-0.3, -0.25) is 9.78 Å². The molecule has 0 saturated heterocycles. The number of ketones is 1. The topological polar surface area (TPSA) is 42.0 Å². The number of hydrogen-bond acceptors (Lipinski definition) is 4. The minimum Gasteiger partial charge on any atom is -0.381 e. The first kappa shape index (κ1) is 22.8. The number of pyridine rings is 1. The van der Waals surface area contributed by atoms with Gasteiger partial charge in [-0.05, 0) is 46.2 Å². The Balaban J connectivity index is 1.68. The molecule has 0 spiro atoms. The summed E-state index contributed by atoms with van der Waals surface area (Å²) in [6, 6.07) is 22.0. The van der Waals surface area contributed by atoms with E-state index >= 15 is 0 Å². The maximum absolute atomic E-state index is 13.8. The lowest BCUT2D eigenvalue weighted by Crippen LogP contribution is -2.09. The van der Waals surface area contributed by atoms with Gasteiger partial charge < -0.3 is 5.32 Å². The lowest BCUT2D eigenvalue weighted by atomic mass is 9.91. The third-order valence-corrected chi connectivity index (χ3v) is 6.44. The first-order chi connectivity index (χ1) is 16.9. The summed E-state index contributed by atoms with van der Waals surface area (Å²) in [5.41, 5.74) is 2.65. The summed E-state index contributed by atoms with van der Waals surface area (Å²) < 4.78 is 41.3. The molecule has 3 aromatic carbocycles. The van der Waals surface area contributed by atoms with E-state index in [1.54, 1.807) is 53.8 Å². The molecule has 2 aromatic heterocycles. The highest BCUT2D eigenvalue weighted by atomic mass is 32.1. The number of anilines is 1. The number of halogens is 3. The summed E-state index contributed by atoms with van der Waals surface area (Å²) in [6.07, 6.45) is -3.31. The molecule has 0 radical (unpaired) electrons. The molecular weight excluding hydrogens is 469 g/mol. The summed E-state index contributed by atoms with van der Waals surface area (Å²) in [4.78, 5) is 17.6. The standard InChI is InChI=1S/C28H19F3N2OS/c29-28(30,31)24-11-5-10-22-25(20-8-4-9-21(14-20)32-15-18-12-13-35-17-18)23(16-33-26(22)24)27(34)19-6-2-1-3-7-19/h1-14,16-17,32H,15H2. The first-order valence-corrected chi connectivity index (χ1v) is 11.8. The van der Waals surface area contributed by atoms with Crippen LogP contribution in [0.2, 0.25) is 0 Å². The number of carbonyl (C=O) groups is 1. The predicted molar refractivity (Wildman–Crippen MR) is 134 cm³/mol. The van der Waals surface area contributed by atoms with Gasteiger partial charge in [-0.2, -0.15) is 24.5 Å². The second-order valence-corrected chi connectivity index (χ2v) is 8.79. The number of hydrogen-bond donors (Lipinski definition) is 1. The maximum atomic E-state index is 13.8. The van der Waals surface area contributed by atoms with Crippen molar-refractivity contribution >= 4 is 33.7 Å². The number of nitrogens with one attached hydrogen (secondary N) is 1. The molecule has 174 valence electrons. The van der Waals surface area contributed by atoms with Gasteiger partial charge in [-0.15, -0.1) is 0 Å². The fraction of sp³-hybridized carbons (Fsp3) is 0.0714. The molecule has 2 heterocycles. The molecule has 35 heavy (non-hydrogen) atoms. The molecule has 0 aliphatic heterocycles. The lowest BCUT2D eigenvalue weighted by Gasteiger charge is -2.16. The fourth-order valence-electron chi connectivity index (χ4n) is 4.06. The van der Waals surface area contributed by atoms with Gasteiger partial charge in [-0.1, -0.05) is 54.6 Å². The number of benzene rings is 3. The molecule has 0 bridgehead atoms. The number of carbonyl (C=O) groups excluding carboxylic acids is 1. The van der Waals surface area contributed by atoms with E-state index in [4.69, 9.17) is 0 Å². The summed E-state index contributed by atoms with van der Waals surface area (Å²) in [5.74, 6) is -0.302. The molecule has 0 aliphatic carbocycles. The number of fused-ring (bicyclic) bond motifs is 1. The number of rotatable bonds is 6. The fourth-order valence-corrected chi connectivity index (χ4v) is 4.73. The molecular formula is C28H19F3N2OS. The van der Waals surface area contributed by atoms with E-state index in [0.717, 1.165) is 17.3 Å². The average molecular weight is 489 g/mol. The van der Waals surface area contributed by atoms with Gasteiger partial charge in [0.25, 0.3) is 0 Å². The second-order valence-electron chi connectivity index (χ2n) is 8.01. The highest BCUT2D eigenvalue weighted by Gasteiger charge is 2.34. The van der Waals surface area contributed by atoms with Crippen LogP contribution in [0.5, 0.6) is 0 Å². The predicted octanol–water partition coefficient (Wildman–Crippen LogP) is 7.83. The van der Waals surface area contributed by atoms with E-state index in [1.165, 1.54) is 12.3 Å². The number of thiophene rings is 1. The van der Waals surface area contributed by atoms with Crippen molar-refractivity contribution in [2.45, 2.75) is 12.7 Å². The number of nitrogens with zero attached hydrogens (tertiary/aromatic N) is 1. The zero-order valence-electron chi connectivity index (χ0n) is 18.3. The van der Waals surface area contributed by atoms with Crippen LogP contribution in [0.15, 0.2) is 95.8 Å². The minimum atomic E-state index is -4.57. The first-order valence-electron chi connectivity index (χ1n) is 10.9. The van der Waals surface area contributed by atoms with E-state index in [0.29, 0.717) is 23.2 Å². The molecule has 1 N–H and O–H groups in total. The van der Waals surface area contributed by atoms with Gasteiger partial charge in [0.15, 0.2) is 5.78 Å². The van der Waals surface area contributed by atoms with Gasteiger partial charge in [0, 0.05) is 40.5 Å². The van der Waals surface area contributed by atoms with Crippen molar-refractivity contribution in [2.24, 2.45) is 0 Å². The van der Waals surface area contributed by atoms with Crippen molar-refractivity contribution in [1.82, 2.24) is 4.98 Å². The van der Waals surface area contributed by atoms with Crippen LogP contribution in [0, 0.1) is 0 Å². The highest BCUT2D eigenvalue weighted by Crippen LogP contribution is 2.39. The van der Waals surface area contributed by atoms with Crippen molar-refractivity contribution in [3.8, 4) is 11.1 Å². The molecule has 0 saturated carbocycles. The molecule has 0 atom stereocenters. The van der Waals surface area contributed by atoms with Gasteiger partial charge in [0.1, 0.15) is 0 Å². The third-order valence-electron chi connectivity index (χ3n) is 5.71. The Labute approximate surface area is 203 Å². The monoisotopic (exact) mass is 488 g/mol. The van der Waals surface area contributed by atoms with E-state index in [-0.39, 0.29) is 22.2 Å². The van der Waals surface area contributed by atoms with Crippen LogP contribution < -0.4 is 5.32 Å².